The van der Waals surface area contributed by atoms with Crippen molar-refractivity contribution in [2.45, 2.75) is 0 Å². The molecule has 0 fully saturated rings. The van der Waals surface area contributed by atoms with Crippen molar-refractivity contribution in [2.24, 2.45) is 0 Å². The van der Waals surface area contributed by atoms with E-state index in [1.165, 1.54) is 147 Å². The van der Waals surface area contributed by atoms with Crippen LogP contribution in [-0.2, 0) is 0 Å². The van der Waals surface area contributed by atoms with Gasteiger partial charge in [-0.15, -0.1) is 0 Å². The standard InChI is InChI=1S/C48H30.C30H21BO2.C18H11Br/c1-2-14-33-28-35(26-24-31(33)12-1)34-15-11-16-36(29-34)47-41-20-7-9-22-43(41)48(44-23-10-8-21-42(44)47)45-30-37-27-25-32-13-3-4-17-38(32)46(37)40-19-6-5-18-39(40)45;32-31(33)30-27-14-5-3-12-25(27)29(26-13-4-6-15-28(26)30)24-11-7-10-22(19-24)23-17-16-20-8-1-2-9-21(20)18-23;19-17-11-13-10-9-12-5-1-2-6-14(12)18(13)16-8-4-3-7-15(16)17/h1-30H;1-19,32-33H;1-11H. The molecule has 0 aliphatic carbocycles. The Kier molecular flexibility index (Phi) is 15.4. The molecule has 0 saturated carbocycles. The average molecular weight is 1340 g/mol. The van der Waals surface area contributed by atoms with Gasteiger partial charge in [-0.05, 0) is 227 Å². The molecule has 0 atom stereocenters. The van der Waals surface area contributed by atoms with Crippen LogP contribution < -0.4 is 5.46 Å². The van der Waals surface area contributed by atoms with Gasteiger partial charge in [0.2, 0.25) is 0 Å². The van der Waals surface area contributed by atoms with Crippen LogP contribution in [0.3, 0.4) is 0 Å². The summed E-state index contributed by atoms with van der Waals surface area (Å²) in [6.07, 6.45) is 0. The lowest BCUT2D eigenvalue weighted by molar-refractivity contribution is 0.426. The molecule has 4 heteroatoms. The van der Waals surface area contributed by atoms with Gasteiger partial charge in [0.05, 0.1) is 0 Å². The summed E-state index contributed by atoms with van der Waals surface area (Å²) < 4.78 is 1.16. The highest BCUT2D eigenvalue weighted by atomic mass is 79.9. The summed E-state index contributed by atoms with van der Waals surface area (Å²) in [5.41, 5.74) is 12.6. The van der Waals surface area contributed by atoms with Crippen molar-refractivity contribution >= 4 is 158 Å². The molecule has 0 aliphatic heterocycles. The number of fused-ring (bicyclic) bond motifs is 16. The Hall–Kier alpha value is -12.0. The highest BCUT2D eigenvalue weighted by molar-refractivity contribution is 9.10. The summed E-state index contributed by atoms with van der Waals surface area (Å²) in [6.45, 7) is 0. The van der Waals surface area contributed by atoms with E-state index in [9.17, 15) is 10.0 Å². The lowest BCUT2D eigenvalue weighted by Crippen LogP contribution is -2.31. The maximum absolute atomic E-state index is 10.2. The van der Waals surface area contributed by atoms with Crippen molar-refractivity contribution in [2.75, 3.05) is 0 Å². The van der Waals surface area contributed by atoms with Crippen molar-refractivity contribution in [3.05, 3.63) is 368 Å². The number of halogens is 1. The minimum atomic E-state index is -1.54. The van der Waals surface area contributed by atoms with Crippen molar-refractivity contribution < 1.29 is 10.0 Å². The van der Waals surface area contributed by atoms with E-state index in [4.69, 9.17) is 0 Å². The molecule has 0 saturated heterocycles. The Morgan fingerprint density at radius 3 is 0.940 bits per heavy atom. The van der Waals surface area contributed by atoms with Crippen LogP contribution in [0.2, 0.25) is 0 Å². The van der Waals surface area contributed by atoms with Crippen LogP contribution in [0, 0.1) is 0 Å². The largest absolute Gasteiger partial charge is 0.489 e. The molecule has 2 N–H and O–H groups in total. The Morgan fingerprint density at radius 1 is 0.190 bits per heavy atom. The molecule has 0 heterocycles. The minimum Gasteiger partial charge on any atom is -0.423 e. The Morgan fingerprint density at radius 2 is 0.490 bits per heavy atom. The van der Waals surface area contributed by atoms with Gasteiger partial charge in [0.1, 0.15) is 0 Å². The van der Waals surface area contributed by atoms with Crippen LogP contribution in [0.25, 0.3) is 185 Å². The highest BCUT2D eigenvalue weighted by Crippen LogP contribution is 2.48. The summed E-state index contributed by atoms with van der Waals surface area (Å²) >= 11 is 3.68. The molecule has 20 aromatic rings. The molecule has 20 rings (SSSR count). The molecule has 0 unspecified atom stereocenters. The Labute approximate surface area is 587 Å². The monoisotopic (exact) mass is 1340 g/mol. The van der Waals surface area contributed by atoms with Crippen LogP contribution in [-0.4, -0.2) is 17.2 Å². The zero-order chi connectivity index (χ0) is 66.8. The number of benzene rings is 20. The second-order valence-electron chi connectivity index (χ2n) is 26.0. The van der Waals surface area contributed by atoms with E-state index in [0.717, 1.165) is 42.7 Å². The maximum Gasteiger partial charge on any atom is 0.489 e. The van der Waals surface area contributed by atoms with Crippen LogP contribution in [0.15, 0.2) is 368 Å². The molecule has 0 amide bonds. The zero-order valence-corrected chi connectivity index (χ0v) is 56.1. The van der Waals surface area contributed by atoms with Crippen LogP contribution in [0.5, 0.6) is 0 Å². The van der Waals surface area contributed by atoms with Crippen molar-refractivity contribution in [3.8, 4) is 55.6 Å². The van der Waals surface area contributed by atoms with Gasteiger partial charge in [0.15, 0.2) is 0 Å². The smallest absolute Gasteiger partial charge is 0.423 e. The fourth-order valence-electron chi connectivity index (χ4n) is 15.8. The van der Waals surface area contributed by atoms with E-state index in [-0.39, 0.29) is 0 Å². The average Bonchev–Trinajstić information content (AvgIpc) is 0.699. The fraction of sp³-hybridized carbons (Fsp3) is 0. The molecule has 0 bridgehead atoms. The first-order valence-corrected chi connectivity index (χ1v) is 34.9. The lowest BCUT2D eigenvalue weighted by Gasteiger charge is -2.20. The predicted molar refractivity (Wildman–Crippen MR) is 434 cm³/mol. The summed E-state index contributed by atoms with van der Waals surface area (Å²) in [5.74, 6) is 0. The van der Waals surface area contributed by atoms with Crippen LogP contribution in [0.4, 0.5) is 0 Å². The highest BCUT2D eigenvalue weighted by Gasteiger charge is 2.24. The second-order valence-corrected chi connectivity index (χ2v) is 26.9. The van der Waals surface area contributed by atoms with Gasteiger partial charge < -0.3 is 10.0 Å². The Bertz CT molecular complexity index is 6560. The first-order valence-electron chi connectivity index (χ1n) is 34.1. The van der Waals surface area contributed by atoms with Gasteiger partial charge in [-0.1, -0.05) is 344 Å². The van der Waals surface area contributed by atoms with Crippen LogP contribution >= 0.6 is 15.9 Å². The molecular formula is C96H62BBrO2. The summed E-state index contributed by atoms with van der Waals surface area (Å²) in [7, 11) is -1.54. The molecule has 0 spiro atoms. The molecule has 2 nitrogen and oxygen atoms in total. The van der Waals surface area contributed by atoms with E-state index in [1.807, 2.05) is 36.4 Å². The van der Waals surface area contributed by atoms with E-state index < -0.39 is 7.12 Å². The normalized spacial score (nSPS) is 11.6. The van der Waals surface area contributed by atoms with E-state index in [0.29, 0.717) is 5.46 Å². The minimum absolute atomic E-state index is 0.552. The molecule has 0 aliphatic rings. The first kappa shape index (κ1) is 60.4. The lowest BCUT2D eigenvalue weighted by atomic mass is 9.72. The third-order valence-corrected chi connectivity index (χ3v) is 21.0. The van der Waals surface area contributed by atoms with Gasteiger partial charge >= 0.3 is 7.12 Å². The summed E-state index contributed by atoms with van der Waals surface area (Å²) in [6, 6.07) is 130. The quantitative estimate of drug-likeness (QED) is 0.0990. The number of hydrogen-bond donors (Lipinski definition) is 2. The maximum atomic E-state index is 10.2. The van der Waals surface area contributed by atoms with Gasteiger partial charge in [-0.2, -0.15) is 0 Å². The molecule has 0 aromatic heterocycles. The second kappa shape index (κ2) is 25.4. The van der Waals surface area contributed by atoms with Gasteiger partial charge in [0.25, 0.3) is 0 Å². The molecular weight excluding hydrogens is 1280 g/mol. The predicted octanol–water partition coefficient (Wildman–Crippen LogP) is 25.7. The van der Waals surface area contributed by atoms with E-state index in [1.54, 1.807) is 0 Å². The number of hydrogen-bond acceptors (Lipinski definition) is 2. The topological polar surface area (TPSA) is 40.5 Å². The third kappa shape index (κ3) is 10.6. The van der Waals surface area contributed by atoms with Crippen LogP contribution in [0.1, 0.15) is 0 Å². The fourth-order valence-corrected chi connectivity index (χ4v) is 16.4. The van der Waals surface area contributed by atoms with Crippen molar-refractivity contribution in [1.29, 1.82) is 0 Å². The molecule has 468 valence electrons. The molecule has 100 heavy (non-hydrogen) atoms. The Balaban J connectivity index is 0.000000119. The van der Waals surface area contributed by atoms with Crippen molar-refractivity contribution in [1.82, 2.24) is 0 Å². The van der Waals surface area contributed by atoms with Gasteiger partial charge in [0, 0.05) is 4.47 Å². The SMILES string of the molecule is Brc1cc2ccc3ccccc3c2c2ccccc12.OB(O)c1c2ccccc2c(-c2cccc(-c3ccc4ccccc4c3)c2)c2ccccc12.c1cc(-c2ccc3ccccc3c2)cc(-c2c3ccccc3c(-c3cc4ccc5ccccc5c4c4ccccc34)c3ccccc23)c1. The van der Waals surface area contributed by atoms with Crippen molar-refractivity contribution in [3.63, 3.8) is 0 Å². The number of rotatable bonds is 6. The van der Waals surface area contributed by atoms with Gasteiger partial charge in [-0.3, -0.25) is 0 Å². The molecule has 0 radical (unpaired) electrons. The first-order chi connectivity index (χ1) is 49.4. The summed E-state index contributed by atoms with van der Waals surface area (Å²) in [4.78, 5) is 0. The third-order valence-electron chi connectivity index (χ3n) is 20.3. The molecule has 20 aromatic carbocycles. The van der Waals surface area contributed by atoms with Gasteiger partial charge in [-0.25, -0.2) is 0 Å². The summed E-state index contributed by atoms with van der Waals surface area (Å²) in [5, 5.41) is 49.8. The van der Waals surface area contributed by atoms with E-state index >= 15 is 0 Å². The van der Waals surface area contributed by atoms with E-state index in [2.05, 4.69) is 344 Å². The zero-order valence-electron chi connectivity index (χ0n) is 54.5.